The van der Waals surface area contributed by atoms with E-state index in [1.807, 2.05) is 0 Å². The van der Waals surface area contributed by atoms with Crippen molar-refractivity contribution >= 4 is 34.5 Å². The number of nitrogens with zero attached hydrogens (tertiary/aromatic N) is 2. The van der Waals surface area contributed by atoms with Crippen molar-refractivity contribution < 1.29 is 14.2 Å². The van der Waals surface area contributed by atoms with Crippen LogP contribution in [-0.2, 0) is 0 Å². The van der Waals surface area contributed by atoms with Gasteiger partial charge in [-0.05, 0) is 18.3 Å². The van der Waals surface area contributed by atoms with E-state index in [-0.39, 0.29) is 10.8 Å². The smallest absolute Gasteiger partial charge is 0.273 e. The molecule has 0 bridgehead atoms. The first-order valence-corrected chi connectivity index (χ1v) is 5.82. The van der Waals surface area contributed by atoms with Gasteiger partial charge in [0.1, 0.15) is 12.0 Å². The van der Waals surface area contributed by atoms with E-state index in [4.69, 9.17) is 17.0 Å². The molecule has 0 fully saturated rings. The molecule has 2 aromatic rings. The Hall–Kier alpha value is -2.68. The molecule has 20 heavy (non-hydrogen) atoms. The third-order valence-corrected chi connectivity index (χ3v) is 2.53. The Kier molecular flexibility index (Phi) is 4.11. The number of ether oxygens (including phenoxy) is 1. The fourth-order valence-electron chi connectivity index (χ4n) is 1.44. The van der Waals surface area contributed by atoms with E-state index >= 15 is 0 Å². The van der Waals surface area contributed by atoms with Crippen LogP contribution in [-0.4, -0.2) is 22.3 Å². The van der Waals surface area contributed by atoms with Crippen LogP contribution in [0.15, 0.2) is 35.1 Å². The van der Waals surface area contributed by atoms with Crippen molar-refractivity contribution in [2.75, 3.05) is 17.7 Å². The normalized spacial score (nSPS) is 9.85. The predicted octanol–water partition coefficient (Wildman–Crippen LogP) is 2.40. The lowest BCUT2D eigenvalue weighted by molar-refractivity contribution is -0.384. The molecule has 1 aromatic heterocycles. The Morgan fingerprint density at radius 1 is 1.45 bits per heavy atom. The highest BCUT2D eigenvalue weighted by Gasteiger charge is 2.12. The standard InChI is InChI=1S/C11H10N4O4S/c1-18-9-6-7(15(16)17)2-3-8(9)12-11(20)13-10-4-5-19-14-10/h2-6H,1H3,(H2,12,13,14,20). The Morgan fingerprint density at radius 3 is 2.85 bits per heavy atom. The molecule has 8 nitrogen and oxygen atoms in total. The van der Waals surface area contributed by atoms with Crippen LogP contribution in [0.5, 0.6) is 5.75 Å². The fraction of sp³-hybridized carbons (Fsp3) is 0.0909. The maximum atomic E-state index is 10.7. The predicted molar refractivity (Wildman–Crippen MR) is 76.0 cm³/mol. The number of thiocarbonyl (C=S) groups is 1. The largest absolute Gasteiger partial charge is 0.494 e. The van der Waals surface area contributed by atoms with Gasteiger partial charge in [0.2, 0.25) is 0 Å². The number of benzene rings is 1. The number of nitro groups is 1. The maximum absolute atomic E-state index is 10.7. The Bertz CT molecular complexity index is 629. The number of nitrogens with one attached hydrogen (secondary N) is 2. The lowest BCUT2D eigenvalue weighted by Crippen LogP contribution is -2.19. The van der Waals surface area contributed by atoms with Crippen LogP contribution in [0.1, 0.15) is 0 Å². The van der Waals surface area contributed by atoms with Gasteiger partial charge in [-0.1, -0.05) is 5.16 Å². The van der Waals surface area contributed by atoms with Gasteiger partial charge in [-0.2, -0.15) is 0 Å². The zero-order chi connectivity index (χ0) is 14.5. The number of anilines is 2. The zero-order valence-corrected chi connectivity index (χ0v) is 11.1. The summed E-state index contributed by atoms with van der Waals surface area (Å²) < 4.78 is 9.74. The van der Waals surface area contributed by atoms with Gasteiger partial charge in [0.15, 0.2) is 10.9 Å². The van der Waals surface area contributed by atoms with Gasteiger partial charge in [0, 0.05) is 12.1 Å². The molecule has 0 spiro atoms. The highest BCUT2D eigenvalue weighted by Crippen LogP contribution is 2.29. The minimum atomic E-state index is -0.502. The summed E-state index contributed by atoms with van der Waals surface area (Å²) in [5.74, 6) is 0.756. The quantitative estimate of drug-likeness (QED) is 0.503. The molecular weight excluding hydrogens is 284 g/mol. The highest BCUT2D eigenvalue weighted by molar-refractivity contribution is 7.80. The van der Waals surface area contributed by atoms with E-state index in [1.54, 1.807) is 6.07 Å². The number of rotatable bonds is 4. The molecule has 1 heterocycles. The maximum Gasteiger partial charge on any atom is 0.273 e. The van der Waals surface area contributed by atoms with Crippen molar-refractivity contribution in [2.24, 2.45) is 0 Å². The van der Waals surface area contributed by atoms with Crippen molar-refractivity contribution in [1.29, 1.82) is 0 Å². The van der Waals surface area contributed by atoms with E-state index in [1.165, 1.54) is 31.6 Å². The summed E-state index contributed by atoms with van der Waals surface area (Å²) in [4.78, 5) is 10.2. The molecule has 0 saturated heterocycles. The van der Waals surface area contributed by atoms with Gasteiger partial charge >= 0.3 is 0 Å². The summed E-state index contributed by atoms with van der Waals surface area (Å²) >= 11 is 5.08. The number of aromatic nitrogens is 1. The van der Waals surface area contributed by atoms with E-state index in [0.29, 0.717) is 17.3 Å². The van der Waals surface area contributed by atoms with E-state index in [2.05, 4.69) is 20.3 Å². The molecule has 0 atom stereocenters. The van der Waals surface area contributed by atoms with Crippen LogP contribution in [0.2, 0.25) is 0 Å². The molecule has 0 unspecified atom stereocenters. The molecule has 0 aliphatic rings. The topological polar surface area (TPSA) is 102 Å². The summed E-state index contributed by atoms with van der Waals surface area (Å²) in [6.07, 6.45) is 1.40. The molecule has 104 valence electrons. The summed E-state index contributed by atoms with van der Waals surface area (Å²) in [5.41, 5.74) is 0.432. The first-order chi connectivity index (χ1) is 9.60. The molecular formula is C11H10N4O4S. The second-order valence-corrected chi connectivity index (χ2v) is 4.01. The number of nitro benzene ring substituents is 1. The first-order valence-electron chi connectivity index (χ1n) is 5.41. The monoisotopic (exact) mass is 294 g/mol. The molecule has 0 amide bonds. The van der Waals surface area contributed by atoms with Crippen LogP contribution in [0, 0.1) is 10.1 Å². The number of non-ortho nitro benzene ring substituents is 1. The first kappa shape index (κ1) is 13.7. The summed E-state index contributed by atoms with van der Waals surface area (Å²) in [6.45, 7) is 0. The van der Waals surface area contributed by atoms with Gasteiger partial charge in [-0.25, -0.2) is 0 Å². The summed E-state index contributed by atoms with van der Waals surface area (Å²) in [5, 5.41) is 20.2. The van der Waals surface area contributed by atoms with E-state index < -0.39 is 4.92 Å². The average Bonchev–Trinajstić information content (AvgIpc) is 2.91. The molecule has 0 aliphatic carbocycles. The van der Waals surface area contributed by atoms with Gasteiger partial charge in [0.25, 0.3) is 5.69 Å². The van der Waals surface area contributed by atoms with Crippen molar-refractivity contribution in [3.63, 3.8) is 0 Å². The molecule has 0 radical (unpaired) electrons. The van der Waals surface area contributed by atoms with Crippen LogP contribution in [0.3, 0.4) is 0 Å². The van der Waals surface area contributed by atoms with Crippen molar-refractivity contribution in [3.8, 4) is 5.75 Å². The van der Waals surface area contributed by atoms with Crippen LogP contribution < -0.4 is 15.4 Å². The zero-order valence-electron chi connectivity index (χ0n) is 10.3. The van der Waals surface area contributed by atoms with Crippen molar-refractivity contribution in [3.05, 3.63) is 40.6 Å². The third kappa shape index (κ3) is 3.20. The second kappa shape index (κ2) is 5.97. The van der Waals surface area contributed by atoms with Gasteiger partial charge < -0.3 is 19.9 Å². The SMILES string of the molecule is COc1cc([N+](=O)[O-])ccc1NC(=S)Nc1ccon1. The minimum absolute atomic E-state index is 0.0669. The fourth-order valence-corrected chi connectivity index (χ4v) is 1.66. The van der Waals surface area contributed by atoms with Gasteiger partial charge in [0.05, 0.1) is 23.8 Å². The lowest BCUT2D eigenvalue weighted by Gasteiger charge is -2.11. The average molecular weight is 294 g/mol. The molecule has 0 saturated carbocycles. The van der Waals surface area contributed by atoms with Crippen LogP contribution in [0.25, 0.3) is 0 Å². The minimum Gasteiger partial charge on any atom is -0.494 e. The van der Waals surface area contributed by atoms with Crippen LogP contribution in [0.4, 0.5) is 17.2 Å². The summed E-state index contributed by atoms with van der Waals surface area (Å²) in [6, 6.07) is 5.76. The summed E-state index contributed by atoms with van der Waals surface area (Å²) in [7, 11) is 1.42. The Balaban J connectivity index is 2.12. The molecule has 0 aliphatic heterocycles. The lowest BCUT2D eigenvalue weighted by atomic mass is 10.2. The number of methoxy groups -OCH3 is 1. The highest BCUT2D eigenvalue weighted by atomic mass is 32.1. The Labute approximate surface area is 118 Å². The molecule has 1 aromatic carbocycles. The molecule has 2 rings (SSSR count). The third-order valence-electron chi connectivity index (χ3n) is 2.32. The van der Waals surface area contributed by atoms with Crippen molar-refractivity contribution in [2.45, 2.75) is 0 Å². The molecule has 2 N–H and O–H groups in total. The Morgan fingerprint density at radius 2 is 2.25 bits per heavy atom. The van der Waals surface area contributed by atoms with Crippen LogP contribution >= 0.6 is 12.2 Å². The number of hydrogen-bond acceptors (Lipinski definition) is 6. The van der Waals surface area contributed by atoms with E-state index in [9.17, 15) is 10.1 Å². The van der Waals surface area contributed by atoms with E-state index in [0.717, 1.165) is 0 Å². The number of hydrogen-bond donors (Lipinski definition) is 2. The molecule has 9 heteroatoms. The van der Waals surface area contributed by atoms with Gasteiger partial charge in [-0.3, -0.25) is 10.1 Å². The van der Waals surface area contributed by atoms with Gasteiger partial charge in [-0.15, -0.1) is 0 Å². The second-order valence-electron chi connectivity index (χ2n) is 3.61. The van der Waals surface area contributed by atoms with Crippen molar-refractivity contribution in [1.82, 2.24) is 5.16 Å².